The molecule has 0 bridgehead atoms. The number of anilines is 1. The van der Waals surface area contributed by atoms with E-state index in [9.17, 15) is 0 Å². The van der Waals surface area contributed by atoms with Crippen molar-refractivity contribution < 1.29 is 9.47 Å². The Labute approximate surface area is 88.6 Å². The first-order valence-electron chi connectivity index (χ1n) is 5.06. The van der Waals surface area contributed by atoms with Crippen LogP contribution < -0.4 is 10.5 Å². The van der Waals surface area contributed by atoms with Gasteiger partial charge < -0.3 is 15.2 Å². The van der Waals surface area contributed by atoms with Crippen LogP contribution in [0.5, 0.6) is 5.88 Å². The molecule has 2 rings (SSSR count). The molecule has 1 aliphatic rings. The second-order valence-corrected chi connectivity index (χ2v) is 3.62. The summed E-state index contributed by atoms with van der Waals surface area (Å²) in [7, 11) is 1.54. The summed E-state index contributed by atoms with van der Waals surface area (Å²) in [6, 6.07) is 1.85. The van der Waals surface area contributed by atoms with Crippen LogP contribution in [0.1, 0.15) is 24.5 Å². The van der Waals surface area contributed by atoms with E-state index in [4.69, 9.17) is 15.2 Å². The predicted molar refractivity (Wildman–Crippen MR) is 55.8 cm³/mol. The Morgan fingerprint density at radius 3 is 2.73 bits per heavy atom. The van der Waals surface area contributed by atoms with E-state index < -0.39 is 0 Å². The number of hydrogen-bond donors (Lipinski definition) is 1. The van der Waals surface area contributed by atoms with Gasteiger partial charge in [-0.1, -0.05) is 0 Å². The van der Waals surface area contributed by atoms with Gasteiger partial charge in [-0.15, -0.1) is 5.10 Å². The minimum Gasteiger partial charge on any atom is -0.478 e. The van der Waals surface area contributed by atoms with Crippen molar-refractivity contribution in [2.75, 3.05) is 26.1 Å². The molecule has 2 heterocycles. The van der Waals surface area contributed by atoms with Crippen LogP contribution in [0, 0.1) is 0 Å². The Balaban J connectivity index is 2.17. The largest absolute Gasteiger partial charge is 0.478 e. The van der Waals surface area contributed by atoms with Crippen molar-refractivity contribution in [2.45, 2.75) is 18.8 Å². The molecular weight excluding hydrogens is 194 g/mol. The third-order valence-electron chi connectivity index (χ3n) is 2.64. The summed E-state index contributed by atoms with van der Waals surface area (Å²) in [6.45, 7) is 1.58. The number of ether oxygens (including phenoxy) is 2. The summed E-state index contributed by atoms with van der Waals surface area (Å²) in [4.78, 5) is 0. The topological polar surface area (TPSA) is 70.3 Å². The third kappa shape index (κ3) is 2.18. The molecule has 0 atom stereocenters. The molecule has 2 N–H and O–H groups in total. The number of methoxy groups -OCH3 is 1. The SMILES string of the molecule is COc1nnc(C2CCOCC2)cc1N. The van der Waals surface area contributed by atoms with Gasteiger partial charge in [-0.3, -0.25) is 0 Å². The van der Waals surface area contributed by atoms with Crippen molar-refractivity contribution in [1.82, 2.24) is 10.2 Å². The van der Waals surface area contributed by atoms with Crippen LogP contribution >= 0.6 is 0 Å². The lowest BCUT2D eigenvalue weighted by atomic mass is 9.96. The van der Waals surface area contributed by atoms with Gasteiger partial charge in [-0.25, -0.2) is 0 Å². The number of nitrogens with zero attached hydrogens (tertiary/aromatic N) is 2. The van der Waals surface area contributed by atoms with Gasteiger partial charge >= 0.3 is 0 Å². The quantitative estimate of drug-likeness (QED) is 0.785. The molecule has 1 aromatic heterocycles. The molecule has 1 aliphatic heterocycles. The summed E-state index contributed by atoms with van der Waals surface area (Å²) in [5, 5.41) is 8.06. The van der Waals surface area contributed by atoms with Crippen LogP contribution in [0.3, 0.4) is 0 Å². The van der Waals surface area contributed by atoms with Crippen LogP contribution in [-0.2, 0) is 4.74 Å². The first-order valence-corrected chi connectivity index (χ1v) is 5.06. The maximum absolute atomic E-state index is 5.78. The Morgan fingerprint density at radius 2 is 2.13 bits per heavy atom. The Morgan fingerprint density at radius 1 is 1.40 bits per heavy atom. The van der Waals surface area contributed by atoms with Crippen LogP contribution in [0.25, 0.3) is 0 Å². The average molecular weight is 209 g/mol. The lowest BCUT2D eigenvalue weighted by Crippen LogP contribution is -2.16. The summed E-state index contributed by atoms with van der Waals surface area (Å²) >= 11 is 0. The smallest absolute Gasteiger partial charge is 0.256 e. The zero-order valence-corrected chi connectivity index (χ0v) is 8.77. The standard InChI is InChI=1S/C10H15N3O2/c1-14-10-8(11)6-9(12-13-10)7-2-4-15-5-3-7/h6-7H,2-5H2,1H3,(H2,11,12). The number of aromatic nitrogens is 2. The molecule has 5 heteroatoms. The molecular formula is C10H15N3O2. The van der Waals surface area contributed by atoms with Crippen molar-refractivity contribution in [2.24, 2.45) is 0 Å². The van der Waals surface area contributed by atoms with Gasteiger partial charge in [0.1, 0.15) is 0 Å². The van der Waals surface area contributed by atoms with E-state index in [2.05, 4.69) is 10.2 Å². The van der Waals surface area contributed by atoms with Crippen LogP contribution in [0.15, 0.2) is 6.07 Å². The summed E-state index contributed by atoms with van der Waals surface area (Å²) in [5.41, 5.74) is 7.27. The number of nitrogen functional groups attached to an aromatic ring is 1. The van der Waals surface area contributed by atoms with Crippen LogP contribution in [0.4, 0.5) is 5.69 Å². The highest BCUT2D eigenvalue weighted by molar-refractivity contribution is 5.48. The fourth-order valence-corrected chi connectivity index (χ4v) is 1.76. The zero-order chi connectivity index (χ0) is 10.7. The highest BCUT2D eigenvalue weighted by atomic mass is 16.5. The monoisotopic (exact) mass is 209 g/mol. The average Bonchev–Trinajstić information content (AvgIpc) is 2.30. The van der Waals surface area contributed by atoms with Gasteiger partial charge in [0.2, 0.25) is 0 Å². The van der Waals surface area contributed by atoms with Crippen LogP contribution in [-0.4, -0.2) is 30.5 Å². The van der Waals surface area contributed by atoms with Gasteiger partial charge in [0, 0.05) is 19.1 Å². The fourth-order valence-electron chi connectivity index (χ4n) is 1.76. The molecule has 1 fully saturated rings. The molecule has 0 aliphatic carbocycles. The highest BCUT2D eigenvalue weighted by Gasteiger charge is 2.18. The molecule has 0 spiro atoms. The molecule has 5 nitrogen and oxygen atoms in total. The molecule has 0 aromatic carbocycles. The van der Waals surface area contributed by atoms with Crippen molar-refractivity contribution in [3.63, 3.8) is 0 Å². The van der Waals surface area contributed by atoms with Crippen LogP contribution in [0.2, 0.25) is 0 Å². The second kappa shape index (κ2) is 4.44. The van der Waals surface area contributed by atoms with E-state index >= 15 is 0 Å². The van der Waals surface area contributed by atoms with Gasteiger partial charge in [-0.05, 0) is 18.9 Å². The minimum atomic E-state index is 0.394. The van der Waals surface area contributed by atoms with Gasteiger partial charge in [0.25, 0.3) is 5.88 Å². The van der Waals surface area contributed by atoms with E-state index in [-0.39, 0.29) is 0 Å². The van der Waals surface area contributed by atoms with Crippen molar-refractivity contribution >= 4 is 5.69 Å². The maximum Gasteiger partial charge on any atom is 0.256 e. The molecule has 0 unspecified atom stereocenters. The Kier molecular flexibility index (Phi) is 3.01. The second-order valence-electron chi connectivity index (χ2n) is 3.62. The predicted octanol–water partition coefficient (Wildman–Crippen LogP) is 0.961. The normalized spacial score (nSPS) is 17.7. The van der Waals surface area contributed by atoms with E-state index in [1.54, 1.807) is 0 Å². The first-order chi connectivity index (χ1) is 7.31. The lowest BCUT2D eigenvalue weighted by molar-refractivity contribution is 0.0843. The highest BCUT2D eigenvalue weighted by Crippen LogP contribution is 2.28. The van der Waals surface area contributed by atoms with Gasteiger partial charge in [0.15, 0.2) is 0 Å². The van der Waals surface area contributed by atoms with Gasteiger partial charge in [0.05, 0.1) is 18.5 Å². The summed E-state index contributed by atoms with van der Waals surface area (Å²) in [5.74, 6) is 0.810. The maximum atomic E-state index is 5.78. The Bertz CT molecular complexity index is 337. The summed E-state index contributed by atoms with van der Waals surface area (Å²) in [6.07, 6.45) is 1.97. The van der Waals surface area contributed by atoms with E-state index in [1.165, 1.54) is 7.11 Å². The molecule has 1 saturated heterocycles. The number of nitrogens with two attached hydrogens (primary N) is 1. The summed E-state index contributed by atoms with van der Waals surface area (Å²) < 4.78 is 10.3. The molecule has 15 heavy (non-hydrogen) atoms. The molecule has 82 valence electrons. The van der Waals surface area contributed by atoms with Gasteiger partial charge in [-0.2, -0.15) is 5.10 Å². The first kappa shape index (κ1) is 10.2. The van der Waals surface area contributed by atoms with E-state index in [0.29, 0.717) is 17.5 Å². The molecule has 1 aromatic rings. The van der Waals surface area contributed by atoms with Crippen molar-refractivity contribution in [1.29, 1.82) is 0 Å². The van der Waals surface area contributed by atoms with E-state index in [0.717, 1.165) is 31.7 Å². The van der Waals surface area contributed by atoms with E-state index in [1.807, 2.05) is 6.07 Å². The zero-order valence-electron chi connectivity index (χ0n) is 8.77. The van der Waals surface area contributed by atoms with Crippen molar-refractivity contribution in [3.8, 4) is 5.88 Å². The number of rotatable bonds is 2. The minimum absolute atomic E-state index is 0.394. The molecule has 0 radical (unpaired) electrons. The number of hydrogen-bond acceptors (Lipinski definition) is 5. The molecule has 0 amide bonds. The molecule has 0 saturated carbocycles. The third-order valence-corrected chi connectivity index (χ3v) is 2.64. The Hall–Kier alpha value is -1.36. The fraction of sp³-hybridized carbons (Fsp3) is 0.600. The van der Waals surface area contributed by atoms with Crippen molar-refractivity contribution in [3.05, 3.63) is 11.8 Å². The lowest BCUT2D eigenvalue weighted by Gasteiger charge is -2.21.